The predicted octanol–water partition coefficient (Wildman–Crippen LogP) is 3.18. The van der Waals surface area contributed by atoms with Crippen LogP contribution in [0, 0.1) is 5.92 Å². The van der Waals surface area contributed by atoms with E-state index >= 15 is 0 Å². The lowest BCUT2D eigenvalue weighted by Crippen LogP contribution is -2.54. The largest absolute Gasteiger partial charge is 0.343 e. The number of benzene rings is 2. The second-order valence-electron chi connectivity index (χ2n) is 9.44. The summed E-state index contributed by atoms with van der Waals surface area (Å²) in [6.07, 6.45) is 1.88. The van der Waals surface area contributed by atoms with Crippen LogP contribution < -0.4 is 10.6 Å². The quantitative estimate of drug-likeness (QED) is 0.526. The lowest BCUT2D eigenvalue weighted by atomic mass is 9.95. The maximum atomic E-state index is 13.8. The number of ketones is 1. The highest BCUT2D eigenvalue weighted by Gasteiger charge is 2.41. The zero-order valence-electron chi connectivity index (χ0n) is 20.6. The van der Waals surface area contributed by atoms with E-state index in [1.54, 1.807) is 25.1 Å². The molecule has 2 aromatic carbocycles. The molecule has 0 spiro atoms. The van der Waals surface area contributed by atoms with Crippen molar-refractivity contribution in [3.8, 4) is 0 Å². The molecule has 0 saturated heterocycles. The molecule has 4 rings (SSSR count). The minimum Gasteiger partial charge on any atom is -0.343 e. The number of aromatic nitrogens is 1. The van der Waals surface area contributed by atoms with Crippen LogP contribution in [0.5, 0.6) is 0 Å². The van der Waals surface area contributed by atoms with Crippen LogP contribution in [0.3, 0.4) is 0 Å². The first-order chi connectivity index (χ1) is 16.8. The van der Waals surface area contributed by atoms with E-state index in [9.17, 15) is 14.4 Å². The van der Waals surface area contributed by atoms with Gasteiger partial charge in [0.2, 0.25) is 11.8 Å². The number of carbonyl (C=O) groups excluding carboxylic acids is 3. The molecule has 35 heavy (non-hydrogen) atoms. The van der Waals surface area contributed by atoms with Gasteiger partial charge in [-0.2, -0.15) is 0 Å². The minimum absolute atomic E-state index is 0.0705. The highest BCUT2D eigenvalue weighted by atomic mass is 16.2. The summed E-state index contributed by atoms with van der Waals surface area (Å²) in [6, 6.07) is 15.4. The van der Waals surface area contributed by atoms with Crippen LogP contribution in [-0.4, -0.2) is 46.6 Å². The zero-order valence-corrected chi connectivity index (χ0v) is 20.6. The maximum Gasteiger partial charge on any atom is 0.246 e. The molecule has 0 saturated carbocycles. The predicted molar refractivity (Wildman–Crippen MR) is 135 cm³/mol. The molecule has 2 N–H and O–H groups in total. The van der Waals surface area contributed by atoms with Gasteiger partial charge in [0.05, 0.1) is 11.6 Å². The van der Waals surface area contributed by atoms with Gasteiger partial charge in [0, 0.05) is 24.5 Å². The number of fused-ring (bicyclic) bond motifs is 2. The standard InChI is InChI=1S/C28H32N4O3/c1-17(2)24(31-27(34)18(3)29-4)28(35)32-16-21-9-5-6-13-22(21)26(32)23(33)15-20-11-7-10-19-12-8-14-30-25(19)20/h5-14,17-18,24,26,29H,15-16H2,1-4H3,(H,31,34)/t18-,24-,26-/m0/s1. The number of carbonyl (C=O) groups is 3. The van der Waals surface area contributed by atoms with Crippen LogP contribution in [0.1, 0.15) is 43.5 Å². The van der Waals surface area contributed by atoms with Crippen LogP contribution in [0.15, 0.2) is 60.8 Å². The lowest BCUT2D eigenvalue weighted by molar-refractivity contribution is -0.143. The summed E-state index contributed by atoms with van der Waals surface area (Å²) >= 11 is 0. The summed E-state index contributed by atoms with van der Waals surface area (Å²) in [5.74, 6) is -0.709. The van der Waals surface area contributed by atoms with E-state index in [1.165, 1.54) is 0 Å². The summed E-state index contributed by atoms with van der Waals surface area (Å²) in [5, 5.41) is 6.76. The smallest absolute Gasteiger partial charge is 0.246 e. The number of likely N-dealkylation sites (N-methyl/N-ethyl adjacent to an activating group) is 1. The fourth-order valence-corrected chi connectivity index (χ4v) is 4.64. The molecule has 3 aromatic rings. The van der Waals surface area contributed by atoms with E-state index in [1.807, 2.05) is 68.4 Å². The third kappa shape index (κ3) is 4.95. The third-order valence-corrected chi connectivity index (χ3v) is 6.73. The van der Waals surface area contributed by atoms with Gasteiger partial charge < -0.3 is 15.5 Å². The first-order valence-electron chi connectivity index (χ1n) is 12.0. The third-order valence-electron chi connectivity index (χ3n) is 6.73. The van der Waals surface area contributed by atoms with Crippen molar-refractivity contribution >= 4 is 28.5 Å². The molecule has 1 aromatic heterocycles. The molecule has 1 aliphatic rings. The number of hydrogen-bond acceptors (Lipinski definition) is 5. The number of nitrogens with one attached hydrogen (secondary N) is 2. The molecule has 0 radical (unpaired) electrons. The summed E-state index contributed by atoms with van der Waals surface area (Å²) in [5.41, 5.74) is 3.42. The number of hydrogen-bond donors (Lipinski definition) is 2. The zero-order chi connectivity index (χ0) is 25.1. The highest BCUT2D eigenvalue weighted by Crippen LogP contribution is 2.36. The van der Waals surface area contributed by atoms with Crippen LogP contribution in [0.2, 0.25) is 0 Å². The van der Waals surface area contributed by atoms with Crippen molar-refractivity contribution in [2.75, 3.05) is 7.05 Å². The number of amides is 2. The second kappa shape index (κ2) is 10.4. The Hall–Kier alpha value is -3.58. The molecule has 0 bridgehead atoms. The Bertz CT molecular complexity index is 1250. The lowest BCUT2D eigenvalue weighted by Gasteiger charge is -2.31. The average molecular weight is 473 g/mol. The van der Waals surface area contributed by atoms with Crippen molar-refractivity contribution in [2.24, 2.45) is 5.92 Å². The molecule has 3 atom stereocenters. The first-order valence-corrected chi connectivity index (χ1v) is 12.0. The summed E-state index contributed by atoms with van der Waals surface area (Å²) < 4.78 is 0. The topological polar surface area (TPSA) is 91.4 Å². The maximum absolute atomic E-state index is 13.8. The fraction of sp³-hybridized carbons (Fsp3) is 0.357. The van der Waals surface area contributed by atoms with Gasteiger partial charge in [-0.05, 0) is 42.6 Å². The number of rotatable bonds is 8. The van der Waals surface area contributed by atoms with Crippen molar-refractivity contribution in [1.82, 2.24) is 20.5 Å². The van der Waals surface area contributed by atoms with E-state index < -0.39 is 18.1 Å². The number of pyridine rings is 1. The first kappa shape index (κ1) is 24.5. The van der Waals surface area contributed by atoms with Gasteiger partial charge in [-0.3, -0.25) is 19.4 Å². The Morgan fingerprint density at radius 1 is 1.03 bits per heavy atom. The van der Waals surface area contributed by atoms with E-state index in [-0.39, 0.29) is 29.9 Å². The van der Waals surface area contributed by atoms with Crippen molar-refractivity contribution in [3.63, 3.8) is 0 Å². The van der Waals surface area contributed by atoms with E-state index in [0.29, 0.717) is 6.54 Å². The Balaban J connectivity index is 1.65. The summed E-state index contributed by atoms with van der Waals surface area (Å²) in [6.45, 7) is 5.87. The SMILES string of the molecule is CN[C@@H](C)C(=O)N[C@H](C(=O)N1Cc2ccccc2[C@H]1C(=O)Cc1cccc2cccnc12)C(C)C. The van der Waals surface area contributed by atoms with Gasteiger partial charge in [-0.15, -0.1) is 0 Å². The molecule has 7 heteroatoms. The Kier molecular flexibility index (Phi) is 7.26. The molecule has 0 aliphatic carbocycles. The Morgan fingerprint density at radius 3 is 2.51 bits per heavy atom. The number of nitrogens with zero attached hydrogens (tertiary/aromatic N) is 2. The van der Waals surface area contributed by atoms with Crippen molar-refractivity contribution in [3.05, 3.63) is 77.5 Å². The van der Waals surface area contributed by atoms with Crippen LogP contribution in [0.4, 0.5) is 0 Å². The highest BCUT2D eigenvalue weighted by molar-refractivity contribution is 5.97. The van der Waals surface area contributed by atoms with E-state index in [4.69, 9.17) is 0 Å². The molecule has 0 unspecified atom stereocenters. The average Bonchev–Trinajstić information content (AvgIpc) is 3.26. The summed E-state index contributed by atoms with van der Waals surface area (Å²) in [4.78, 5) is 46.3. The van der Waals surface area contributed by atoms with Gasteiger partial charge in [0.1, 0.15) is 12.1 Å². The molecule has 2 heterocycles. The molecule has 2 amide bonds. The molecule has 1 aliphatic heterocycles. The van der Waals surface area contributed by atoms with Gasteiger partial charge in [-0.25, -0.2) is 0 Å². The van der Waals surface area contributed by atoms with Crippen LogP contribution in [0.25, 0.3) is 10.9 Å². The summed E-state index contributed by atoms with van der Waals surface area (Å²) in [7, 11) is 1.70. The van der Waals surface area contributed by atoms with Gasteiger partial charge >= 0.3 is 0 Å². The fourth-order valence-electron chi connectivity index (χ4n) is 4.64. The van der Waals surface area contributed by atoms with Crippen LogP contribution in [-0.2, 0) is 27.3 Å². The van der Waals surface area contributed by atoms with Gasteiger partial charge in [-0.1, -0.05) is 62.4 Å². The molecule has 7 nitrogen and oxygen atoms in total. The number of para-hydroxylation sites is 1. The minimum atomic E-state index is -0.734. The second-order valence-corrected chi connectivity index (χ2v) is 9.44. The van der Waals surface area contributed by atoms with Crippen LogP contribution >= 0.6 is 0 Å². The van der Waals surface area contributed by atoms with Crippen molar-refractivity contribution in [2.45, 2.75) is 51.9 Å². The molecular formula is C28H32N4O3. The molecular weight excluding hydrogens is 440 g/mol. The Morgan fingerprint density at radius 2 is 1.77 bits per heavy atom. The molecule has 182 valence electrons. The monoisotopic (exact) mass is 472 g/mol. The molecule has 0 fully saturated rings. The van der Waals surface area contributed by atoms with E-state index in [0.717, 1.165) is 27.6 Å². The number of Topliss-reactive ketones (excluding diaryl/α,β-unsaturated/α-hetero) is 1. The van der Waals surface area contributed by atoms with Gasteiger partial charge in [0.15, 0.2) is 5.78 Å². The van der Waals surface area contributed by atoms with E-state index in [2.05, 4.69) is 15.6 Å². The van der Waals surface area contributed by atoms with Crippen molar-refractivity contribution < 1.29 is 14.4 Å². The van der Waals surface area contributed by atoms with Crippen molar-refractivity contribution in [1.29, 1.82) is 0 Å². The van der Waals surface area contributed by atoms with Gasteiger partial charge in [0.25, 0.3) is 0 Å². The normalized spacial score (nSPS) is 16.7. The Labute approximate surface area is 205 Å².